The number of urea groups is 1. The molecule has 0 heterocycles. The van der Waals surface area contributed by atoms with Gasteiger partial charge in [0.2, 0.25) is 5.91 Å². The van der Waals surface area contributed by atoms with E-state index in [9.17, 15) is 22.8 Å². The third-order valence-electron chi connectivity index (χ3n) is 2.31. The van der Waals surface area contributed by atoms with Gasteiger partial charge in [-0.1, -0.05) is 6.07 Å². The SMILES string of the molecule is CNC(=O)NC(=O)C(C)Nc1cccc(OC(F)(F)F)c1. The number of halogens is 3. The minimum Gasteiger partial charge on any atom is -0.406 e. The van der Waals surface area contributed by atoms with Gasteiger partial charge < -0.3 is 15.4 Å². The molecule has 6 nitrogen and oxygen atoms in total. The molecule has 3 N–H and O–H groups in total. The fraction of sp³-hybridized carbons (Fsp3) is 0.333. The van der Waals surface area contributed by atoms with E-state index in [1.54, 1.807) is 0 Å². The highest BCUT2D eigenvalue weighted by Crippen LogP contribution is 2.25. The molecule has 0 bridgehead atoms. The number of nitrogens with one attached hydrogen (secondary N) is 3. The summed E-state index contributed by atoms with van der Waals surface area (Å²) in [4.78, 5) is 22.6. The van der Waals surface area contributed by atoms with Crippen LogP contribution in [0.1, 0.15) is 6.92 Å². The van der Waals surface area contributed by atoms with Gasteiger partial charge in [-0.05, 0) is 19.1 Å². The molecule has 0 saturated carbocycles. The van der Waals surface area contributed by atoms with E-state index in [2.05, 4.69) is 15.4 Å². The van der Waals surface area contributed by atoms with Crippen LogP contribution in [0.5, 0.6) is 5.75 Å². The van der Waals surface area contributed by atoms with Crippen LogP contribution < -0.4 is 20.7 Å². The Morgan fingerprint density at radius 3 is 2.52 bits per heavy atom. The highest BCUT2D eigenvalue weighted by molar-refractivity contribution is 5.97. The predicted molar refractivity (Wildman–Crippen MR) is 68.8 cm³/mol. The summed E-state index contributed by atoms with van der Waals surface area (Å²) in [5.74, 6) is -1.04. The molecule has 0 aliphatic rings. The number of hydrogen-bond acceptors (Lipinski definition) is 4. The summed E-state index contributed by atoms with van der Waals surface area (Å²) >= 11 is 0. The van der Waals surface area contributed by atoms with Gasteiger partial charge in [0.05, 0.1) is 0 Å². The lowest BCUT2D eigenvalue weighted by Crippen LogP contribution is -2.44. The molecule has 1 rings (SSSR count). The molecular formula is C12H14F3N3O3. The Morgan fingerprint density at radius 1 is 1.29 bits per heavy atom. The van der Waals surface area contributed by atoms with Gasteiger partial charge in [-0.3, -0.25) is 10.1 Å². The maximum atomic E-state index is 12.1. The molecule has 1 unspecified atom stereocenters. The monoisotopic (exact) mass is 305 g/mol. The molecule has 0 radical (unpaired) electrons. The molecule has 0 aromatic heterocycles. The second-order valence-electron chi connectivity index (χ2n) is 4.01. The lowest BCUT2D eigenvalue weighted by Gasteiger charge is -2.15. The van der Waals surface area contributed by atoms with Crippen molar-refractivity contribution >= 4 is 17.6 Å². The number of alkyl halides is 3. The molecule has 0 aliphatic heterocycles. The maximum absolute atomic E-state index is 12.1. The Morgan fingerprint density at radius 2 is 1.95 bits per heavy atom. The fourth-order valence-corrected chi connectivity index (χ4v) is 1.38. The first kappa shape index (κ1) is 16.6. The summed E-state index contributed by atoms with van der Waals surface area (Å²) in [6.45, 7) is 1.45. The summed E-state index contributed by atoms with van der Waals surface area (Å²) in [6.07, 6.45) is -4.79. The van der Waals surface area contributed by atoms with Crippen molar-refractivity contribution in [1.82, 2.24) is 10.6 Å². The van der Waals surface area contributed by atoms with E-state index in [0.29, 0.717) is 0 Å². The van der Waals surface area contributed by atoms with Crippen LogP contribution in [0.2, 0.25) is 0 Å². The minimum absolute atomic E-state index is 0.247. The van der Waals surface area contributed by atoms with Crippen LogP contribution in [-0.4, -0.2) is 31.4 Å². The molecule has 1 aromatic carbocycles. The van der Waals surface area contributed by atoms with Crippen LogP contribution in [0.25, 0.3) is 0 Å². The van der Waals surface area contributed by atoms with Crippen LogP contribution in [-0.2, 0) is 4.79 Å². The number of ether oxygens (including phenoxy) is 1. The molecule has 0 aliphatic carbocycles. The smallest absolute Gasteiger partial charge is 0.406 e. The van der Waals surface area contributed by atoms with Gasteiger partial charge in [-0.15, -0.1) is 13.2 Å². The zero-order chi connectivity index (χ0) is 16.0. The van der Waals surface area contributed by atoms with E-state index < -0.39 is 30.1 Å². The van der Waals surface area contributed by atoms with E-state index >= 15 is 0 Å². The van der Waals surface area contributed by atoms with Crippen molar-refractivity contribution in [3.8, 4) is 5.75 Å². The van der Waals surface area contributed by atoms with Crippen molar-refractivity contribution in [3.63, 3.8) is 0 Å². The Kier molecular flexibility index (Phi) is 5.39. The number of benzene rings is 1. The molecule has 1 aromatic rings. The normalized spacial score (nSPS) is 12.2. The molecule has 3 amide bonds. The second kappa shape index (κ2) is 6.82. The third-order valence-corrected chi connectivity index (χ3v) is 2.31. The lowest BCUT2D eigenvalue weighted by molar-refractivity contribution is -0.274. The van der Waals surface area contributed by atoms with E-state index in [0.717, 1.165) is 12.1 Å². The Hall–Kier alpha value is -2.45. The molecule has 9 heteroatoms. The van der Waals surface area contributed by atoms with Gasteiger partial charge in [0.15, 0.2) is 0 Å². The number of rotatable bonds is 4. The quantitative estimate of drug-likeness (QED) is 0.793. The second-order valence-corrected chi connectivity index (χ2v) is 4.01. The summed E-state index contributed by atoms with van der Waals surface area (Å²) in [5, 5.41) is 6.90. The van der Waals surface area contributed by atoms with Gasteiger partial charge in [0.25, 0.3) is 0 Å². The van der Waals surface area contributed by atoms with Crippen LogP contribution in [0.3, 0.4) is 0 Å². The number of carbonyl (C=O) groups is 2. The Balaban J connectivity index is 2.68. The maximum Gasteiger partial charge on any atom is 0.573 e. The van der Waals surface area contributed by atoms with Crippen molar-refractivity contribution in [3.05, 3.63) is 24.3 Å². The van der Waals surface area contributed by atoms with Crippen LogP contribution in [0.15, 0.2) is 24.3 Å². The van der Waals surface area contributed by atoms with E-state index in [1.807, 2.05) is 5.32 Å². The largest absolute Gasteiger partial charge is 0.573 e. The minimum atomic E-state index is -4.79. The van der Waals surface area contributed by atoms with Crippen LogP contribution >= 0.6 is 0 Å². The zero-order valence-corrected chi connectivity index (χ0v) is 11.2. The number of amides is 3. The fourth-order valence-electron chi connectivity index (χ4n) is 1.38. The molecular weight excluding hydrogens is 291 g/mol. The van der Waals surface area contributed by atoms with Gasteiger partial charge in [-0.25, -0.2) is 4.79 Å². The Bertz CT molecular complexity index is 520. The van der Waals surface area contributed by atoms with E-state index in [-0.39, 0.29) is 5.69 Å². The van der Waals surface area contributed by atoms with Crippen molar-refractivity contribution in [2.45, 2.75) is 19.3 Å². The van der Waals surface area contributed by atoms with E-state index in [1.165, 1.54) is 26.1 Å². The summed E-state index contributed by atoms with van der Waals surface area (Å²) in [7, 11) is 1.35. The van der Waals surface area contributed by atoms with Crippen molar-refractivity contribution in [2.24, 2.45) is 0 Å². The summed E-state index contributed by atoms with van der Waals surface area (Å²) < 4.78 is 40.0. The third kappa shape index (κ3) is 6.02. The summed E-state index contributed by atoms with van der Waals surface area (Å²) in [6, 6.07) is 3.52. The highest BCUT2D eigenvalue weighted by atomic mass is 19.4. The number of hydrogen-bond donors (Lipinski definition) is 3. The first-order valence-electron chi connectivity index (χ1n) is 5.86. The van der Waals surface area contributed by atoms with Gasteiger partial charge in [-0.2, -0.15) is 0 Å². The molecule has 1 atom stereocenters. The average Bonchev–Trinajstić information content (AvgIpc) is 2.36. The van der Waals surface area contributed by atoms with Gasteiger partial charge in [0.1, 0.15) is 11.8 Å². The number of carbonyl (C=O) groups excluding carboxylic acids is 2. The number of anilines is 1. The standard InChI is InChI=1S/C12H14F3N3O3/c1-7(10(19)18-11(20)16-2)17-8-4-3-5-9(6-8)21-12(13,14)15/h3-7,17H,1-2H3,(H2,16,18,19,20). The average molecular weight is 305 g/mol. The van der Waals surface area contributed by atoms with Gasteiger partial charge >= 0.3 is 12.4 Å². The molecule has 0 spiro atoms. The first-order chi connectivity index (χ1) is 9.71. The summed E-state index contributed by atoms with van der Waals surface area (Å²) in [5.41, 5.74) is 0.247. The van der Waals surface area contributed by atoms with Gasteiger partial charge in [0, 0.05) is 18.8 Å². The molecule has 116 valence electrons. The molecule has 21 heavy (non-hydrogen) atoms. The lowest BCUT2D eigenvalue weighted by atomic mass is 10.2. The number of imide groups is 1. The zero-order valence-electron chi connectivity index (χ0n) is 11.2. The first-order valence-corrected chi connectivity index (χ1v) is 5.86. The van der Waals surface area contributed by atoms with E-state index in [4.69, 9.17) is 0 Å². The van der Waals surface area contributed by atoms with Crippen molar-refractivity contribution in [2.75, 3.05) is 12.4 Å². The van der Waals surface area contributed by atoms with Crippen molar-refractivity contribution in [1.29, 1.82) is 0 Å². The molecule has 0 fully saturated rings. The predicted octanol–water partition coefficient (Wildman–Crippen LogP) is 1.84. The topological polar surface area (TPSA) is 79.5 Å². The van der Waals surface area contributed by atoms with Crippen LogP contribution in [0, 0.1) is 0 Å². The Labute approximate surface area is 118 Å². The molecule has 0 saturated heterocycles. The van der Waals surface area contributed by atoms with Crippen LogP contribution in [0.4, 0.5) is 23.7 Å². The highest BCUT2D eigenvalue weighted by Gasteiger charge is 2.31. The van der Waals surface area contributed by atoms with Crippen molar-refractivity contribution < 1.29 is 27.5 Å².